The summed E-state index contributed by atoms with van der Waals surface area (Å²) in [5.74, 6) is 0.837. The van der Waals surface area contributed by atoms with Crippen LogP contribution >= 0.6 is 12.2 Å². The van der Waals surface area contributed by atoms with Gasteiger partial charge in [0, 0.05) is 12.7 Å². The number of ether oxygens (including phenoxy) is 1. The van der Waals surface area contributed by atoms with Gasteiger partial charge < -0.3 is 20.7 Å². The van der Waals surface area contributed by atoms with Crippen LogP contribution in [0, 0.1) is 11.3 Å². The molecule has 0 amide bonds. The van der Waals surface area contributed by atoms with E-state index < -0.39 is 5.66 Å². The van der Waals surface area contributed by atoms with Crippen LogP contribution in [-0.2, 0) is 6.42 Å². The zero-order valence-corrected chi connectivity index (χ0v) is 13.1. The van der Waals surface area contributed by atoms with E-state index >= 15 is 0 Å². The summed E-state index contributed by atoms with van der Waals surface area (Å²) in [6.07, 6.45) is 8.00. The van der Waals surface area contributed by atoms with E-state index in [1.165, 1.54) is 0 Å². The fourth-order valence-electron chi connectivity index (χ4n) is 2.39. The Morgan fingerprint density at radius 3 is 2.91 bits per heavy atom. The Morgan fingerprint density at radius 2 is 2.23 bits per heavy atom. The zero-order chi connectivity index (χ0) is 16.0. The molecular formula is C16H18N4OS. The average Bonchev–Trinajstić information content (AvgIpc) is 2.53. The van der Waals surface area contributed by atoms with E-state index in [1.807, 2.05) is 41.4 Å². The third-order valence-corrected chi connectivity index (χ3v) is 3.57. The molecule has 22 heavy (non-hydrogen) atoms. The molecule has 0 saturated carbocycles. The SMILES string of the molecule is COc1ccccc1CCN1C=CC=CC1(C#N)NC(N)=S. The molecule has 0 saturated heterocycles. The van der Waals surface area contributed by atoms with Gasteiger partial charge in [-0.3, -0.25) is 0 Å². The van der Waals surface area contributed by atoms with Crippen LogP contribution in [0.5, 0.6) is 5.75 Å². The van der Waals surface area contributed by atoms with Crippen molar-refractivity contribution in [2.24, 2.45) is 5.73 Å². The Kier molecular flexibility index (Phi) is 5.02. The van der Waals surface area contributed by atoms with Crippen LogP contribution in [0.15, 0.2) is 48.7 Å². The number of para-hydroxylation sites is 1. The fraction of sp³-hybridized carbons (Fsp3) is 0.250. The lowest BCUT2D eigenvalue weighted by Crippen LogP contribution is -2.59. The predicted molar refractivity (Wildman–Crippen MR) is 89.9 cm³/mol. The number of nitriles is 1. The Morgan fingerprint density at radius 1 is 1.45 bits per heavy atom. The first-order chi connectivity index (χ1) is 10.6. The van der Waals surface area contributed by atoms with Crippen LogP contribution < -0.4 is 15.8 Å². The van der Waals surface area contributed by atoms with Crippen molar-refractivity contribution in [1.29, 1.82) is 5.26 Å². The van der Waals surface area contributed by atoms with Gasteiger partial charge in [0.2, 0.25) is 5.66 Å². The zero-order valence-electron chi connectivity index (χ0n) is 12.3. The highest BCUT2D eigenvalue weighted by Crippen LogP contribution is 2.22. The second kappa shape index (κ2) is 6.96. The number of methoxy groups -OCH3 is 1. The quantitative estimate of drug-likeness (QED) is 0.806. The summed E-state index contributed by atoms with van der Waals surface area (Å²) >= 11 is 4.90. The van der Waals surface area contributed by atoms with Crippen molar-refractivity contribution in [2.75, 3.05) is 13.7 Å². The van der Waals surface area contributed by atoms with Crippen molar-refractivity contribution in [3.05, 3.63) is 54.3 Å². The molecular weight excluding hydrogens is 296 g/mol. The monoisotopic (exact) mass is 314 g/mol. The number of nitrogens with one attached hydrogen (secondary N) is 1. The molecule has 0 spiro atoms. The number of nitrogens with zero attached hydrogens (tertiary/aromatic N) is 2. The molecule has 1 heterocycles. The van der Waals surface area contributed by atoms with Crippen molar-refractivity contribution in [1.82, 2.24) is 10.2 Å². The van der Waals surface area contributed by atoms with E-state index in [4.69, 9.17) is 22.7 Å². The molecule has 0 fully saturated rings. The molecule has 3 N–H and O–H groups in total. The molecule has 114 valence electrons. The average molecular weight is 314 g/mol. The van der Waals surface area contributed by atoms with Crippen molar-refractivity contribution in [3.63, 3.8) is 0 Å². The third kappa shape index (κ3) is 3.38. The number of hydrogen-bond donors (Lipinski definition) is 2. The van der Waals surface area contributed by atoms with Crippen molar-refractivity contribution >= 4 is 17.3 Å². The summed E-state index contributed by atoms with van der Waals surface area (Å²) in [4.78, 5) is 1.87. The first kappa shape index (κ1) is 15.9. The van der Waals surface area contributed by atoms with Crippen LogP contribution in [0.2, 0.25) is 0 Å². The molecule has 1 aliphatic rings. The Balaban J connectivity index is 2.16. The van der Waals surface area contributed by atoms with Gasteiger partial charge in [-0.25, -0.2) is 0 Å². The number of allylic oxidation sites excluding steroid dienone is 2. The van der Waals surface area contributed by atoms with E-state index in [0.717, 1.165) is 17.7 Å². The summed E-state index contributed by atoms with van der Waals surface area (Å²) < 4.78 is 5.36. The Labute approximate surface area is 135 Å². The summed E-state index contributed by atoms with van der Waals surface area (Å²) in [5.41, 5.74) is 5.59. The minimum absolute atomic E-state index is 0.0868. The Hall–Kier alpha value is -2.52. The third-order valence-electron chi connectivity index (χ3n) is 3.47. The highest BCUT2D eigenvalue weighted by Gasteiger charge is 2.34. The lowest BCUT2D eigenvalue weighted by molar-refractivity contribution is 0.235. The summed E-state index contributed by atoms with van der Waals surface area (Å²) in [7, 11) is 1.65. The predicted octanol–water partition coefficient (Wildman–Crippen LogP) is 1.68. The highest BCUT2D eigenvalue weighted by atomic mass is 32.1. The number of rotatable bonds is 5. The van der Waals surface area contributed by atoms with Gasteiger partial charge in [-0.15, -0.1) is 0 Å². The minimum atomic E-state index is -1.05. The first-order valence-electron chi connectivity index (χ1n) is 6.85. The van der Waals surface area contributed by atoms with Crippen LogP contribution in [-0.4, -0.2) is 29.3 Å². The first-order valence-corrected chi connectivity index (χ1v) is 7.25. The fourth-order valence-corrected chi connectivity index (χ4v) is 2.55. The maximum Gasteiger partial charge on any atom is 0.221 e. The maximum absolute atomic E-state index is 9.58. The minimum Gasteiger partial charge on any atom is -0.496 e. The van der Waals surface area contributed by atoms with Crippen molar-refractivity contribution < 1.29 is 4.74 Å². The van der Waals surface area contributed by atoms with Gasteiger partial charge in [0.05, 0.1) is 7.11 Å². The molecule has 0 aromatic heterocycles. The summed E-state index contributed by atoms with van der Waals surface area (Å²) in [6.45, 7) is 0.615. The van der Waals surface area contributed by atoms with Gasteiger partial charge in [-0.05, 0) is 42.4 Å². The van der Waals surface area contributed by atoms with Gasteiger partial charge >= 0.3 is 0 Å². The largest absolute Gasteiger partial charge is 0.496 e. The molecule has 0 bridgehead atoms. The molecule has 0 radical (unpaired) electrons. The molecule has 5 nitrogen and oxygen atoms in total. The molecule has 1 aromatic rings. The van der Waals surface area contributed by atoms with Crippen LogP contribution in [0.3, 0.4) is 0 Å². The van der Waals surface area contributed by atoms with E-state index in [0.29, 0.717) is 6.54 Å². The molecule has 1 atom stereocenters. The van der Waals surface area contributed by atoms with E-state index in [-0.39, 0.29) is 5.11 Å². The second-order valence-electron chi connectivity index (χ2n) is 4.82. The lowest BCUT2D eigenvalue weighted by Gasteiger charge is -2.38. The highest BCUT2D eigenvalue weighted by molar-refractivity contribution is 7.80. The van der Waals surface area contributed by atoms with Crippen LogP contribution in [0.1, 0.15) is 5.56 Å². The van der Waals surface area contributed by atoms with E-state index in [2.05, 4.69) is 11.4 Å². The number of benzene rings is 1. The van der Waals surface area contributed by atoms with Gasteiger partial charge in [0.15, 0.2) is 5.11 Å². The van der Waals surface area contributed by atoms with Gasteiger partial charge in [0.25, 0.3) is 0 Å². The molecule has 1 aliphatic heterocycles. The van der Waals surface area contributed by atoms with Gasteiger partial charge in [-0.1, -0.05) is 24.3 Å². The smallest absolute Gasteiger partial charge is 0.221 e. The number of thiocarbonyl (C=S) groups is 1. The summed E-state index contributed by atoms with van der Waals surface area (Å²) in [6, 6.07) is 10.1. The molecule has 6 heteroatoms. The van der Waals surface area contributed by atoms with Crippen LogP contribution in [0.4, 0.5) is 0 Å². The normalized spacial score (nSPS) is 19.5. The van der Waals surface area contributed by atoms with Gasteiger partial charge in [0.1, 0.15) is 11.8 Å². The number of hydrogen-bond acceptors (Lipinski definition) is 4. The number of nitrogens with two attached hydrogens (primary N) is 1. The Bertz CT molecular complexity index is 650. The van der Waals surface area contributed by atoms with Crippen molar-refractivity contribution in [3.8, 4) is 11.8 Å². The van der Waals surface area contributed by atoms with Crippen LogP contribution in [0.25, 0.3) is 0 Å². The van der Waals surface area contributed by atoms with Gasteiger partial charge in [-0.2, -0.15) is 5.26 Å². The molecule has 0 aliphatic carbocycles. The lowest BCUT2D eigenvalue weighted by atomic mass is 10.0. The molecule has 1 unspecified atom stereocenters. The second-order valence-corrected chi connectivity index (χ2v) is 5.26. The molecule has 2 rings (SSSR count). The summed E-state index contributed by atoms with van der Waals surface area (Å²) in [5, 5.41) is 12.5. The maximum atomic E-state index is 9.58. The van der Waals surface area contributed by atoms with Crippen molar-refractivity contribution in [2.45, 2.75) is 12.1 Å². The standard InChI is InChI=1S/C16H18N4OS/c1-21-14-7-3-2-6-13(14)8-11-20-10-5-4-9-16(20,12-17)19-15(18)22/h2-7,9-10H,8,11H2,1H3,(H3,18,19,22). The topological polar surface area (TPSA) is 74.3 Å². The van der Waals surface area contributed by atoms with E-state index in [1.54, 1.807) is 19.3 Å². The van der Waals surface area contributed by atoms with E-state index in [9.17, 15) is 5.26 Å². The molecule has 1 aromatic carbocycles.